The third-order valence-electron chi connectivity index (χ3n) is 7.48. The second kappa shape index (κ2) is 14.6. The number of likely N-dealkylation sites (N-methyl/N-ethyl adjacent to an activating group) is 1. The van der Waals surface area contributed by atoms with Crippen LogP contribution in [0.3, 0.4) is 0 Å². The highest BCUT2D eigenvalue weighted by Crippen LogP contribution is 2.34. The van der Waals surface area contributed by atoms with Crippen LogP contribution in [0.15, 0.2) is 36.4 Å². The number of benzene rings is 2. The number of fused-ring (bicyclic) bond motifs is 2. The number of rotatable bonds is 6. The molecule has 4 rings (SSSR count). The molecule has 2 aromatic rings. The molecule has 2 aliphatic rings. The molecule has 11 heteroatoms. The van der Waals surface area contributed by atoms with Crippen LogP contribution in [0.1, 0.15) is 50.4 Å². The largest absolute Gasteiger partial charge is 0.490 e. The number of aliphatic hydroxyl groups excluding tert-OH is 1. The van der Waals surface area contributed by atoms with Gasteiger partial charge in [0.2, 0.25) is 6.79 Å². The molecule has 0 spiro atoms. The minimum atomic E-state index is -0.477. The molecular weight excluding hydrogens is 540 g/mol. The van der Waals surface area contributed by atoms with Crippen LogP contribution in [0.25, 0.3) is 0 Å². The molecule has 11 nitrogen and oxygen atoms in total. The molecule has 0 radical (unpaired) electrons. The Labute approximate surface area is 248 Å². The van der Waals surface area contributed by atoms with E-state index in [4.69, 9.17) is 18.9 Å². The Morgan fingerprint density at radius 1 is 1.05 bits per heavy atom. The summed E-state index contributed by atoms with van der Waals surface area (Å²) >= 11 is 0. The molecule has 3 amide bonds. The Morgan fingerprint density at radius 3 is 2.45 bits per heavy atom. The number of nitrogens with zero attached hydrogens (tertiary/aromatic N) is 2. The first-order valence-electron chi connectivity index (χ1n) is 14.6. The molecule has 2 heterocycles. The van der Waals surface area contributed by atoms with Crippen LogP contribution in [0, 0.1) is 5.92 Å². The van der Waals surface area contributed by atoms with Crippen LogP contribution in [-0.4, -0.2) is 92.3 Å². The van der Waals surface area contributed by atoms with Crippen LogP contribution < -0.4 is 24.8 Å². The summed E-state index contributed by atoms with van der Waals surface area (Å²) in [6.45, 7) is 7.57. The number of hydrogen-bond acceptors (Lipinski definition) is 8. The van der Waals surface area contributed by atoms with Gasteiger partial charge in [-0.05, 0) is 77.5 Å². The maximum atomic E-state index is 14.2. The van der Waals surface area contributed by atoms with Crippen LogP contribution in [0.2, 0.25) is 0 Å². The van der Waals surface area contributed by atoms with Gasteiger partial charge in [0.15, 0.2) is 11.5 Å². The van der Waals surface area contributed by atoms with Crippen LogP contribution in [-0.2, 0) is 4.74 Å². The molecule has 230 valence electrons. The highest BCUT2D eigenvalue weighted by atomic mass is 16.7. The first-order chi connectivity index (χ1) is 20.1. The predicted octanol–water partition coefficient (Wildman–Crippen LogP) is 4.42. The van der Waals surface area contributed by atoms with E-state index in [1.54, 1.807) is 41.3 Å². The van der Waals surface area contributed by atoms with Crippen molar-refractivity contribution in [3.05, 3.63) is 42.0 Å². The van der Waals surface area contributed by atoms with Crippen molar-refractivity contribution in [3.63, 3.8) is 0 Å². The number of hydrogen-bond donors (Lipinski definition) is 3. The Bertz CT molecular complexity index is 1220. The van der Waals surface area contributed by atoms with Crippen LogP contribution in [0.5, 0.6) is 17.2 Å². The van der Waals surface area contributed by atoms with Crippen molar-refractivity contribution in [1.29, 1.82) is 0 Å². The van der Waals surface area contributed by atoms with Crippen molar-refractivity contribution in [2.24, 2.45) is 5.92 Å². The normalized spacial score (nSPS) is 22.1. The van der Waals surface area contributed by atoms with Gasteiger partial charge in [-0.15, -0.1) is 0 Å². The number of carbonyl (C=O) groups is 2. The fraction of sp³-hybridized carbons (Fsp3) is 0.548. The summed E-state index contributed by atoms with van der Waals surface area (Å²) in [6.07, 6.45) is 2.44. The minimum absolute atomic E-state index is 0.00497. The third kappa shape index (κ3) is 8.27. The quantitative estimate of drug-likeness (QED) is 0.457. The van der Waals surface area contributed by atoms with Crippen molar-refractivity contribution in [2.45, 2.75) is 58.3 Å². The second-order valence-electron chi connectivity index (χ2n) is 11.4. The summed E-state index contributed by atoms with van der Waals surface area (Å²) in [5.74, 6) is 1.34. The molecule has 3 N–H and O–H groups in total. The zero-order valence-corrected chi connectivity index (χ0v) is 25.2. The van der Waals surface area contributed by atoms with Gasteiger partial charge in [-0.1, -0.05) is 6.92 Å². The van der Waals surface area contributed by atoms with E-state index in [-0.39, 0.29) is 37.4 Å². The maximum absolute atomic E-state index is 14.2. The highest BCUT2D eigenvalue weighted by Gasteiger charge is 2.30. The average Bonchev–Trinajstić information content (AvgIpc) is 3.42. The lowest BCUT2D eigenvalue weighted by atomic mass is 10.0. The van der Waals surface area contributed by atoms with E-state index in [0.717, 1.165) is 25.8 Å². The summed E-state index contributed by atoms with van der Waals surface area (Å²) in [7, 11) is 4.01. The SMILES string of the molecule is C[C@@H]1CCCCO[C@@H](CN(C)C)[C@H](C)CN([C@H](C)CO)C(=O)c2cc(NC(=O)Nc3ccc4c(c3)OCO4)ccc2O1. The summed E-state index contributed by atoms with van der Waals surface area (Å²) in [5.41, 5.74) is 1.28. The van der Waals surface area contributed by atoms with Gasteiger partial charge in [0.1, 0.15) is 5.75 Å². The van der Waals surface area contributed by atoms with Gasteiger partial charge in [-0.3, -0.25) is 4.79 Å². The lowest BCUT2D eigenvalue weighted by Gasteiger charge is -2.35. The van der Waals surface area contributed by atoms with Gasteiger partial charge in [0.05, 0.1) is 30.4 Å². The first kappa shape index (κ1) is 31.4. The van der Waals surface area contributed by atoms with Gasteiger partial charge in [0, 0.05) is 43.1 Å². The predicted molar refractivity (Wildman–Crippen MR) is 161 cm³/mol. The standard InChI is InChI=1S/C31H44N4O7/c1-20-16-35(21(2)18-36)30(37)25-14-23(32-31(38)33-24-10-12-27-28(15-24)41-19-40-27)9-11-26(25)42-22(3)8-6-7-13-39-29(20)17-34(4)5/h9-12,14-15,20-22,29,36H,6-8,13,16-19H2,1-5H3,(H2,32,33,38)/t20-,21-,22-,29+/m1/s1. The smallest absolute Gasteiger partial charge is 0.323 e. The van der Waals surface area contributed by atoms with E-state index < -0.39 is 12.1 Å². The average molecular weight is 585 g/mol. The number of aliphatic hydroxyl groups is 1. The second-order valence-corrected chi connectivity index (χ2v) is 11.4. The van der Waals surface area contributed by atoms with Gasteiger partial charge < -0.3 is 44.5 Å². The first-order valence-corrected chi connectivity index (χ1v) is 14.6. The molecule has 2 aromatic carbocycles. The van der Waals surface area contributed by atoms with E-state index in [9.17, 15) is 14.7 Å². The molecule has 0 aromatic heterocycles. The number of carbonyl (C=O) groups excluding carboxylic acids is 2. The van der Waals surface area contributed by atoms with E-state index in [2.05, 4.69) is 22.5 Å². The molecule has 4 atom stereocenters. The Balaban J connectivity index is 1.60. The maximum Gasteiger partial charge on any atom is 0.323 e. The molecule has 0 saturated carbocycles. The zero-order valence-electron chi connectivity index (χ0n) is 25.2. The minimum Gasteiger partial charge on any atom is -0.490 e. The lowest BCUT2D eigenvalue weighted by molar-refractivity contribution is -0.0137. The Morgan fingerprint density at radius 2 is 1.74 bits per heavy atom. The van der Waals surface area contributed by atoms with Gasteiger partial charge in [-0.25, -0.2) is 4.79 Å². The summed E-state index contributed by atoms with van der Waals surface area (Å²) in [4.78, 5) is 30.8. The Kier molecular flexibility index (Phi) is 10.9. The molecule has 42 heavy (non-hydrogen) atoms. The number of ether oxygens (including phenoxy) is 4. The molecule has 0 fully saturated rings. The molecule has 0 unspecified atom stereocenters. The number of urea groups is 1. The van der Waals surface area contributed by atoms with Gasteiger partial charge >= 0.3 is 6.03 Å². The molecule has 0 bridgehead atoms. The van der Waals surface area contributed by atoms with E-state index in [1.807, 2.05) is 27.9 Å². The fourth-order valence-corrected chi connectivity index (χ4v) is 5.09. The summed E-state index contributed by atoms with van der Waals surface area (Å²) in [5, 5.41) is 15.7. The lowest BCUT2D eigenvalue weighted by Crippen LogP contribution is -2.47. The van der Waals surface area contributed by atoms with Crippen LogP contribution in [0.4, 0.5) is 16.2 Å². The monoisotopic (exact) mass is 584 g/mol. The van der Waals surface area contributed by atoms with Gasteiger partial charge in [0.25, 0.3) is 5.91 Å². The fourth-order valence-electron chi connectivity index (χ4n) is 5.09. The number of anilines is 2. The van der Waals surface area contributed by atoms with Crippen molar-refractivity contribution in [1.82, 2.24) is 9.80 Å². The highest BCUT2D eigenvalue weighted by molar-refractivity contribution is 6.02. The number of amides is 3. The van der Waals surface area contributed by atoms with Gasteiger partial charge in [-0.2, -0.15) is 0 Å². The van der Waals surface area contributed by atoms with E-state index in [0.29, 0.717) is 47.3 Å². The van der Waals surface area contributed by atoms with E-state index >= 15 is 0 Å². The van der Waals surface area contributed by atoms with Crippen molar-refractivity contribution in [3.8, 4) is 17.2 Å². The molecule has 0 saturated heterocycles. The third-order valence-corrected chi connectivity index (χ3v) is 7.48. The van der Waals surface area contributed by atoms with E-state index in [1.165, 1.54) is 0 Å². The molecule has 2 aliphatic heterocycles. The van der Waals surface area contributed by atoms with Crippen molar-refractivity contribution in [2.75, 3.05) is 57.8 Å². The van der Waals surface area contributed by atoms with Crippen molar-refractivity contribution < 1.29 is 33.6 Å². The summed E-state index contributed by atoms with van der Waals surface area (Å²) < 4.78 is 23.3. The molecular formula is C31H44N4O7. The zero-order chi connectivity index (χ0) is 30.2. The molecule has 0 aliphatic carbocycles. The Hall–Kier alpha value is -3.54. The number of nitrogens with one attached hydrogen (secondary N) is 2. The topological polar surface area (TPSA) is 122 Å². The van der Waals surface area contributed by atoms with Crippen molar-refractivity contribution >= 4 is 23.3 Å². The summed E-state index contributed by atoms with van der Waals surface area (Å²) in [6, 6.07) is 9.28. The van der Waals surface area contributed by atoms with Crippen LogP contribution >= 0.6 is 0 Å².